The molecular formula is C14H19N3. The van der Waals surface area contributed by atoms with Crippen molar-refractivity contribution in [2.75, 3.05) is 0 Å². The number of rotatable bonds is 6. The van der Waals surface area contributed by atoms with Gasteiger partial charge in [0.2, 0.25) is 0 Å². The molecule has 0 aliphatic heterocycles. The number of benzene rings is 1. The zero-order valence-corrected chi connectivity index (χ0v) is 10.2. The van der Waals surface area contributed by atoms with Crippen molar-refractivity contribution < 1.29 is 0 Å². The fourth-order valence-electron chi connectivity index (χ4n) is 1.80. The lowest BCUT2D eigenvalue weighted by molar-refractivity contribution is 0.506. The van der Waals surface area contributed by atoms with Crippen LogP contribution >= 0.6 is 0 Å². The predicted molar refractivity (Wildman–Crippen MR) is 69.7 cm³/mol. The molecular weight excluding hydrogens is 210 g/mol. The summed E-state index contributed by atoms with van der Waals surface area (Å²) in [6.07, 6.45) is 5.90. The number of nitrogens with one attached hydrogen (secondary N) is 2. The van der Waals surface area contributed by atoms with E-state index in [4.69, 9.17) is 0 Å². The summed E-state index contributed by atoms with van der Waals surface area (Å²) in [4.78, 5) is 7.28. The highest BCUT2D eigenvalue weighted by Crippen LogP contribution is 2.05. The molecule has 3 heteroatoms. The summed E-state index contributed by atoms with van der Waals surface area (Å²) in [6, 6.07) is 11.1. The molecule has 0 radical (unpaired) electrons. The number of imidazole rings is 1. The van der Waals surface area contributed by atoms with Crippen molar-refractivity contribution in [3.05, 3.63) is 54.1 Å². The molecule has 1 heterocycles. The van der Waals surface area contributed by atoms with E-state index in [1.165, 1.54) is 5.56 Å². The van der Waals surface area contributed by atoms with Crippen molar-refractivity contribution in [2.45, 2.75) is 32.4 Å². The van der Waals surface area contributed by atoms with Gasteiger partial charge in [-0.25, -0.2) is 4.98 Å². The van der Waals surface area contributed by atoms with Crippen LogP contribution in [0.25, 0.3) is 0 Å². The van der Waals surface area contributed by atoms with Crippen LogP contribution in [0.4, 0.5) is 0 Å². The van der Waals surface area contributed by atoms with Gasteiger partial charge in [0.05, 0.1) is 6.54 Å². The van der Waals surface area contributed by atoms with Gasteiger partial charge >= 0.3 is 0 Å². The van der Waals surface area contributed by atoms with Crippen LogP contribution in [0, 0.1) is 0 Å². The number of hydrogen-bond acceptors (Lipinski definition) is 2. The van der Waals surface area contributed by atoms with Crippen molar-refractivity contribution in [1.29, 1.82) is 0 Å². The van der Waals surface area contributed by atoms with Crippen LogP contribution in [0.5, 0.6) is 0 Å². The molecule has 1 aromatic heterocycles. The Morgan fingerprint density at radius 1 is 1.29 bits per heavy atom. The van der Waals surface area contributed by atoms with Crippen LogP contribution in [0.2, 0.25) is 0 Å². The maximum atomic E-state index is 4.19. The van der Waals surface area contributed by atoms with Crippen LogP contribution in [0.3, 0.4) is 0 Å². The first kappa shape index (κ1) is 11.9. The summed E-state index contributed by atoms with van der Waals surface area (Å²) in [5.74, 6) is 0.997. The Morgan fingerprint density at radius 2 is 2.12 bits per heavy atom. The van der Waals surface area contributed by atoms with Crippen molar-refractivity contribution in [3.63, 3.8) is 0 Å². The van der Waals surface area contributed by atoms with Gasteiger partial charge in [-0.3, -0.25) is 0 Å². The second kappa shape index (κ2) is 6.21. The predicted octanol–water partition coefficient (Wildman–Crippen LogP) is 2.52. The second-order valence-electron chi connectivity index (χ2n) is 4.34. The third-order valence-electron chi connectivity index (χ3n) is 2.88. The normalized spacial score (nSPS) is 12.5. The monoisotopic (exact) mass is 229 g/mol. The van der Waals surface area contributed by atoms with Gasteiger partial charge in [-0.15, -0.1) is 0 Å². The summed E-state index contributed by atoms with van der Waals surface area (Å²) < 4.78 is 0. The average Bonchev–Trinajstić information content (AvgIpc) is 2.88. The Bertz CT molecular complexity index is 408. The Balaban J connectivity index is 1.69. The molecule has 0 amide bonds. The summed E-state index contributed by atoms with van der Waals surface area (Å²) >= 11 is 0. The van der Waals surface area contributed by atoms with E-state index in [0.29, 0.717) is 6.04 Å². The third kappa shape index (κ3) is 4.04. The van der Waals surface area contributed by atoms with Gasteiger partial charge in [0.1, 0.15) is 5.82 Å². The van der Waals surface area contributed by atoms with Crippen LogP contribution in [0.1, 0.15) is 24.7 Å². The van der Waals surface area contributed by atoms with Crippen molar-refractivity contribution in [3.8, 4) is 0 Å². The molecule has 17 heavy (non-hydrogen) atoms. The fourth-order valence-corrected chi connectivity index (χ4v) is 1.80. The first-order valence-electron chi connectivity index (χ1n) is 6.10. The van der Waals surface area contributed by atoms with E-state index in [1.54, 1.807) is 6.20 Å². The van der Waals surface area contributed by atoms with E-state index in [1.807, 2.05) is 6.20 Å². The van der Waals surface area contributed by atoms with E-state index in [2.05, 4.69) is 52.5 Å². The number of hydrogen-bond donors (Lipinski definition) is 2. The molecule has 0 aliphatic rings. The Labute approximate surface area is 102 Å². The number of aromatic amines is 1. The zero-order chi connectivity index (χ0) is 11.9. The molecule has 0 saturated carbocycles. The topological polar surface area (TPSA) is 40.7 Å². The molecule has 2 N–H and O–H groups in total. The van der Waals surface area contributed by atoms with E-state index >= 15 is 0 Å². The molecule has 1 atom stereocenters. The minimum atomic E-state index is 0.500. The molecule has 90 valence electrons. The summed E-state index contributed by atoms with van der Waals surface area (Å²) in [5, 5.41) is 3.46. The molecule has 2 rings (SSSR count). The SMILES string of the molecule is CC(CCc1ccccc1)NCc1ncc[nH]1. The maximum absolute atomic E-state index is 4.19. The first-order valence-corrected chi connectivity index (χ1v) is 6.10. The van der Waals surface area contributed by atoms with E-state index in [0.717, 1.165) is 25.2 Å². The van der Waals surface area contributed by atoms with Gasteiger partial charge < -0.3 is 10.3 Å². The van der Waals surface area contributed by atoms with Crippen LogP contribution < -0.4 is 5.32 Å². The van der Waals surface area contributed by atoms with Crippen LogP contribution in [-0.2, 0) is 13.0 Å². The Morgan fingerprint density at radius 3 is 2.82 bits per heavy atom. The molecule has 2 aromatic rings. The molecule has 0 aliphatic carbocycles. The van der Waals surface area contributed by atoms with E-state index in [-0.39, 0.29) is 0 Å². The largest absolute Gasteiger partial charge is 0.348 e. The minimum Gasteiger partial charge on any atom is -0.348 e. The van der Waals surface area contributed by atoms with Crippen LogP contribution in [0.15, 0.2) is 42.7 Å². The van der Waals surface area contributed by atoms with Crippen molar-refractivity contribution in [2.24, 2.45) is 0 Å². The molecule has 3 nitrogen and oxygen atoms in total. The molecule has 0 bridgehead atoms. The second-order valence-corrected chi connectivity index (χ2v) is 4.34. The highest BCUT2D eigenvalue weighted by atomic mass is 15.0. The molecule has 1 unspecified atom stereocenters. The lowest BCUT2D eigenvalue weighted by Crippen LogP contribution is -2.26. The maximum Gasteiger partial charge on any atom is 0.120 e. The summed E-state index contributed by atoms with van der Waals surface area (Å²) in [5.41, 5.74) is 1.40. The van der Waals surface area contributed by atoms with Gasteiger partial charge in [0, 0.05) is 18.4 Å². The molecule has 0 saturated heterocycles. The highest BCUT2D eigenvalue weighted by Gasteiger charge is 2.02. The zero-order valence-electron chi connectivity index (χ0n) is 10.2. The Kier molecular flexibility index (Phi) is 4.33. The average molecular weight is 229 g/mol. The molecule has 0 spiro atoms. The number of aromatic nitrogens is 2. The lowest BCUT2D eigenvalue weighted by Gasteiger charge is -2.12. The third-order valence-corrected chi connectivity index (χ3v) is 2.88. The molecule has 1 aromatic carbocycles. The quantitative estimate of drug-likeness (QED) is 0.799. The number of nitrogens with zero attached hydrogens (tertiary/aromatic N) is 1. The molecule has 0 fully saturated rings. The number of H-pyrrole nitrogens is 1. The van der Waals surface area contributed by atoms with Gasteiger partial charge in [-0.2, -0.15) is 0 Å². The van der Waals surface area contributed by atoms with E-state index in [9.17, 15) is 0 Å². The lowest BCUT2D eigenvalue weighted by atomic mass is 10.1. The van der Waals surface area contributed by atoms with Gasteiger partial charge in [0.25, 0.3) is 0 Å². The smallest absolute Gasteiger partial charge is 0.120 e. The van der Waals surface area contributed by atoms with Crippen molar-refractivity contribution >= 4 is 0 Å². The standard InChI is InChI=1S/C14H19N3/c1-12(17-11-14-15-9-10-16-14)7-8-13-5-3-2-4-6-13/h2-6,9-10,12,17H,7-8,11H2,1H3,(H,15,16). The number of aryl methyl sites for hydroxylation is 1. The minimum absolute atomic E-state index is 0.500. The first-order chi connectivity index (χ1) is 8.34. The van der Waals surface area contributed by atoms with E-state index < -0.39 is 0 Å². The van der Waals surface area contributed by atoms with Gasteiger partial charge in [-0.05, 0) is 25.3 Å². The fraction of sp³-hybridized carbons (Fsp3) is 0.357. The summed E-state index contributed by atoms with van der Waals surface area (Å²) in [6.45, 7) is 3.02. The van der Waals surface area contributed by atoms with Crippen molar-refractivity contribution in [1.82, 2.24) is 15.3 Å². The summed E-state index contributed by atoms with van der Waals surface area (Å²) in [7, 11) is 0. The van der Waals surface area contributed by atoms with Gasteiger partial charge in [-0.1, -0.05) is 30.3 Å². The van der Waals surface area contributed by atoms with Crippen LogP contribution in [-0.4, -0.2) is 16.0 Å². The highest BCUT2D eigenvalue weighted by molar-refractivity contribution is 5.14. The Hall–Kier alpha value is -1.61. The van der Waals surface area contributed by atoms with Gasteiger partial charge in [0.15, 0.2) is 0 Å².